The summed E-state index contributed by atoms with van der Waals surface area (Å²) in [5.74, 6) is 1.69. The van der Waals surface area contributed by atoms with Crippen molar-refractivity contribution in [1.29, 1.82) is 0 Å². The van der Waals surface area contributed by atoms with Gasteiger partial charge in [-0.1, -0.05) is 60.7 Å². The van der Waals surface area contributed by atoms with Gasteiger partial charge in [0.1, 0.15) is 5.82 Å². The zero-order valence-electron chi connectivity index (χ0n) is 18.9. The monoisotopic (exact) mass is 462 g/mol. The number of piperidine rings is 3. The van der Waals surface area contributed by atoms with Gasteiger partial charge in [0, 0.05) is 36.3 Å². The summed E-state index contributed by atoms with van der Waals surface area (Å²) in [6, 6.07) is 22.0. The molecule has 6 nitrogen and oxygen atoms in total. The molecule has 4 heterocycles. The molecular formula is C26H30N4O2S. The third kappa shape index (κ3) is 5.16. The molecule has 7 heteroatoms. The summed E-state index contributed by atoms with van der Waals surface area (Å²) < 4.78 is 28.1. The third-order valence-corrected chi connectivity index (χ3v) is 8.24. The highest BCUT2D eigenvalue weighted by Crippen LogP contribution is 2.41. The SMILES string of the molecule is Cc1nc(-c2ccccc2)cc([C@@H]2CN3CC[C@H]2C[C@@H]3CNS(=O)(=O)Cc2ccccc2)n1. The van der Waals surface area contributed by atoms with Gasteiger partial charge in [-0.2, -0.15) is 0 Å². The van der Waals surface area contributed by atoms with Crippen molar-refractivity contribution >= 4 is 10.0 Å². The molecule has 0 aliphatic carbocycles. The number of hydrogen-bond acceptors (Lipinski definition) is 5. The Bertz CT molecular complexity index is 1200. The van der Waals surface area contributed by atoms with Gasteiger partial charge >= 0.3 is 0 Å². The number of sulfonamides is 1. The van der Waals surface area contributed by atoms with Crippen LogP contribution in [-0.2, 0) is 15.8 Å². The van der Waals surface area contributed by atoms with E-state index in [-0.39, 0.29) is 11.8 Å². The fourth-order valence-electron chi connectivity index (χ4n) is 5.29. The van der Waals surface area contributed by atoms with Crippen molar-refractivity contribution in [1.82, 2.24) is 19.6 Å². The van der Waals surface area contributed by atoms with E-state index in [0.29, 0.717) is 18.4 Å². The lowest BCUT2D eigenvalue weighted by molar-refractivity contribution is 0.0317. The minimum atomic E-state index is -3.36. The van der Waals surface area contributed by atoms with Gasteiger partial charge in [0.05, 0.1) is 11.4 Å². The van der Waals surface area contributed by atoms with Crippen molar-refractivity contribution < 1.29 is 8.42 Å². The van der Waals surface area contributed by atoms with Crippen LogP contribution in [0.15, 0.2) is 66.7 Å². The molecule has 0 spiro atoms. The highest BCUT2D eigenvalue weighted by Gasteiger charge is 2.41. The molecule has 6 rings (SSSR count). The molecule has 0 radical (unpaired) electrons. The van der Waals surface area contributed by atoms with Crippen LogP contribution in [0, 0.1) is 12.8 Å². The van der Waals surface area contributed by atoms with Gasteiger partial charge in [0.2, 0.25) is 10.0 Å². The van der Waals surface area contributed by atoms with Crippen molar-refractivity contribution in [3.63, 3.8) is 0 Å². The van der Waals surface area contributed by atoms with Gasteiger partial charge < -0.3 is 0 Å². The van der Waals surface area contributed by atoms with Crippen LogP contribution in [0.5, 0.6) is 0 Å². The Balaban J connectivity index is 1.26. The number of hydrogen-bond donors (Lipinski definition) is 1. The average molecular weight is 463 g/mol. The molecule has 1 N–H and O–H groups in total. The number of nitrogens with zero attached hydrogens (tertiary/aromatic N) is 3. The van der Waals surface area contributed by atoms with Crippen LogP contribution in [-0.4, -0.2) is 49.0 Å². The zero-order chi connectivity index (χ0) is 22.8. The van der Waals surface area contributed by atoms with Gasteiger partial charge in [-0.15, -0.1) is 0 Å². The summed E-state index contributed by atoms with van der Waals surface area (Å²) in [5, 5.41) is 0. The van der Waals surface area contributed by atoms with Crippen LogP contribution in [0.3, 0.4) is 0 Å². The molecule has 1 aromatic heterocycles. The van der Waals surface area contributed by atoms with Crippen molar-refractivity contribution in [2.45, 2.75) is 37.5 Å². The normalized spacial score (nSPS) is 24.6. The van der Waals surface area contributed by atoms with E-state index < -0.39 is 10.0 Å². The molecule has 2 aromatic carbocycles. The Morgan fingerprint density at radius 3 is 2.45 bits per heavy atom. The summed E-state index contributed by atoms with van der Waals surface area (Å²) in [6.07, 6.45) is 2.11. The first kappa shape index (κ1) is 22.2. The van der Waals surface area contributed by atoms with E-state index in [2.05, 4.69) is 32.8 Å². The first-order valence-corrected chi connectivity index (χ1v) is 13.3. The van der Waals surface area contributed by atoms with Crippen LogP contribution >= 0.6 is 0 Å². The van der Waals surface area contributed by atoms with Crippen molar-refractivity contribution in [2.24, 2.45) is 5.92 Å². The lowest BCUT2D eigenvalue weighted by Gasteiger charge is -2.49. The van der Waals surface area contributed by atoms with E-state index in [1.54, 1.807) is 0 Å². The molecule has 33 heavy (non-hydrogen) atoms. The highest BCUT2D eigenvalue weighted by molar-refractivity contribution is 7.88. The number of nitrogens with one attached hydrogen (secondary N) is 1. The lowest BCUT2D eigenvalue weighted by atomic mass is 9.74. The molecular weight excluding hydrogens is 432 g/mol. The largest absolute Gasteiger partial charge is 0.298 e. The second kappa shape index (κ2) is 9.33. The van der Waals surface area contributed by atoms with Gasteiger partial charge in [-0.25, -0.2) is 23.1 Å². The maximum absolute atomic E-state index is 12.6. The first-order valence-electron chi connectivity index (χ1n) is 11.6. The minimum absolute atomic E-state index is 0.0229. The van der Waals surface area contributed by atoms with Gasteiger partial charge in [0.25, 0.3) is 0 Å². The van der Waals surface area contributed by atoms with Crippen LogP contribution in [0.4, 0.5) is 0 Å². The predicted molar refractivity (Wildman–Crippen MR) is 130 cm³/mol. The Morgan fingerprint density at radius 2 is 1.76 bits per heavy atom. The summed E-state index contributed by atoms with van der Waals surface area (Å²) >= 11 is 0. The van der Waals surface area contributed by atoms with Gasteiger partial charge in [-0.3, -0.25) is 4.90 Å². The van der Waals surface area contributed by atoms with Crippen molar-refractivity contribution in [3.8, 4) is 11.3 Å². The Morgan fingerprint density at radius 1 is 1.03 bits per heavy atom. The number of aromatic nitrogens is 2. The fraction of sp³-hybridized carbons (Fsp3) is 0.385. The van der Waals surface area contributed by atoms with E-state index in [4.69, 9.17) is 4.98 Å². The van der Waals surface area contributed by atoms with Gasteiger partial charge in [-0.05, 0) is 43.9 Å². The molecule has 0 amide bonds. The number of benzene rings is 2. The molecule has 2 bridgehead atoms. The fourth-order valence-corrected chi connectivity index (χ4v) is 6.47. The van der Waals surface area contributed by atoms with E-state index in [0.717, 1.165) is 54.3 Å². The van der Waals surface area contributed by atoms with E-state index in [1.807, 2.05) is 55.5 Å². The molecule has 1 unspecified atom stereocenters. The van der Waals surface area contributed by atoms with Crippen LogP contribution < -0.4 is 4.72 Å². The average Bonchev–Trinajstić information content (AvgIpc) is 2.84. The topological polar surface area (TPSA) is 75.2 Å². The minimum Gasteiger partial charge on any atom is -0.298 e. The third-order valence-electron chi connectivity index (χ3n) is 6.92. The van der Waals surface area contributed by atoms with E-state index in [9.17, 15) is 8.42 Å². The molecule has 0 saturated carbocycles. The predicted octanol–water partition coefficient (Wildman–Crippen LogP) is 3.75. The second-order valence-corrected chi connectivity index (χ2v) is 11.0. The van der Waals surface area contributed by atoms with Crippen LogP contribution in [0.1, 0.15) is 35.8 Å². The molecule has 3 aliphatic rings. The van der Waals surface area contributed by atoms with Crippen LogP contribution in [0.2, 0.25) is 0 Å². The molecule has 4 atom stereocenters. The maximum Gasteiger partial charge on any atom is 0.215 e. The first-order chi connectivity index (χ1) is 16.0. The Kier molecular flexibility index (Phi) is 6.27. The summed E-state index contributed by atoms with van der Waals surface area (Å²) in [7, 11) is -3.36. The maximum atomic E-state index is 12.6. The summed E-state index contributed by atoms with van der Waals surface area (Å²) in [5.41, 5.74) is 4.00. The Labute approximate surface area is 196 Å². The lowest BCUT2D eigenvalue weighted by Crippen LogP contribution is -2.56. The number of fused-ring (bicyclic) bond motifs is 3. The summed E-state index contributed by atoms with van der Waals surface area (Å²) in [6.45, 7) is 4.36. The van der Waals surface area contributed by atoms with Crippen molar-refractivity contribution in [3.05, 3.63) is 83.8 Å². The molecule has 3 saturated heterocycles. The van der Waals surface area contributed by atoms with Crippen LogP contribution in [0.25, 0.3) is 11.3 Å². The van der Waals surface area contributed by atoms with Gasteiger partial charge in [0.15, 0.2) is 0 Å². The Hall–Kier alpha value is -2.61. The molecule has 172 valence electrons. The number of aryl methyl sites for hydroxylation is 1. The standard InChI is InChI=1S/C26H30N4O2S/c1-19-28-25(21-10-6-3-7-11-21)15-26(29-19)24-17-30-13-12-22(24)14-23(30)16-27-33(31,32)18-20-8-4-2-5-9-20/h2-11,15,22-24,27H,12-14,16-18H2,1H3/t22-,23+,24+/m0/s1. The second-order valence-electron chi connectivity index (χ2n) is 9.22. The quantitative estimate of drug-likeness (QED) is 0.579. The molecule has 3 aromatic rings. The van der Waals surface area contributed by atoms with E-state index >= 15 is 0 Å². The highest BCUT2D eigenvalue weighted by atomic mass is 32.2. The molecule has 3 fully saturated rings. The van der Waals surface area contributed by atoms with Crippen molar-refractivity contribution in [2.75, 3.05) is 19.6 Å². The smallest absolute Gasteiger partial charge is 0.215 e. The molecule has 3 aliphatic heterocycles. The zero-order valence-corrected chi connectivity index (χ0v) is 19.7. The van der Waals surface area contributed by atoms with E-state index in [1.165, 1.54) is 0 Å². The number of rotatable bonds is 7. The summed E-state index contributed by atoms with van der Waals surface area (Å²) in [4.78, 5) is 11.9.